The molecule has 7 heteroatoms. The number of rotatable bonds is 2. The second-order valence-corrected chi connectivity index (χ2v) is 10.9. The average molecular weight is 488 g/mol. The molecule has 0 aromatic heterocycles. The molecule has 34 heavy (non-hydrogen) atoms. The molecule has 0 bridgehead atoms. The standard InChI is InChI=1S/C27H25N3O2S2/c1-29-20-13-7-8-14-22(20)33-26(29)24-25(32)30(18-10-3-2-4-11-18)27(34-24)28-23-19-12-6-5-9-17(19)15-16-21(23)31/h5-9,12-16,18,31H,2-4,10-11H2,1H3. The van der Waals surface area contributed by atoms with E-state index in [0.717, 1.165) is 52.1 Å². The van der Waals surface area contributed by atoms with Crippen molar-refractivity contribution >= 4 is 56.7 Å². The lowest BCUT2D eigenvalue weighted by Gasteiger charge is -2.30. The lowest BCUT2D eigenvalue weighted by Crippen LogP contribution is -2.40. The van der Waals surface area contributed by atoms with Gasteiger partial charge in [0.2, 0.25) is 0 Å². The molecule has 0 atom stereocenters. The van der Waals surface area contributed by atoms with Crippen molar-refractivity contribution in [1.29, 1.82) is 0 Å². The van der Waals surface area contributed by atoms with E-state index in [1.54, 1.807) is 17.8 Å². The van der Waals surface area contributed by atoms with E-state index in [1.165, 1.54) is 18.2 Å². The smallest absolute Gasteiger partial charge is 0.269 e. The quantitative estimate of drug-likeness (QED) is 0.401. The molecule has 0 radical (unpaired) electrons. The number of hydrogen-bond acceptors (Lipinski definition) is 6. The number of para-hydroxylation sites is 1. The first-order valence-electron chi connectivity index (χ1n) is 11.7. The lowest BCUT2D eigenvalue weighted by molar-refractivity contribution is -0.124. The van der Waals surface area contributed by atoms with Crippen LogP contribution in [0.15, 0.2) is 80.5 Å². The summed E-state index contributed by atoms with van der Waals surface area (Å²) in [5.41, 5.74) is 1.64. The number of carbonyl (C=O) groups is 1. The molecule has 3 aromatic carbocycles. The molecule has 1 saturated carbocycles. The van der Waals surface area contributed by atoms with E-state index in [-0.39, 0.29) is 17.7 Å². The number of amidine groups is 1. The number of fused-ring (bicyclic) bond motifs is 2. The van der Waals surface area contributed by atoms with Crippen molar-refractivity contribution in [1.82, 2.24) is 4.90 Å². The van der Waals surface area contributed by atoms with Crippen LogP contribution in [0.4, 0.5) is 11.4 Å². The van der Waals surface area contributed by atoms with Gasteiger partial charge in [-0.2, -0.15) is 0 Å². The van der Waals surface area contributed by atoms with Gasteiger partial charge in [-0.25, -0.2) is 4.99 Å². The fraction of sp³-hybridized carbons (Fsp3) is 0.259. The van der Waals surface area contributed by atoms with Crippen LogP contribution in [0.5, 0.6) is 5.75 Å². The van der Waals surface area contributed by atoms with Crippen molar-refractivity contribution in [3.8, 4) is 5.75 Å². The molecule has 2 fully saturated rings. The molecule has 1 aliphatic carbocycles. The number of amides is 1. The summed E-state index contributed by atoms with van der Waals surface area (Å²) in [4.78, 5) is 24.7. The first-order valence-corrected chi connectivity index (χ1v) is 13.3. The van der Waals surface area contributed by atoms with Gasteiger partial charge in [-0.3, -0.25) is 9.69 Å². The van der Waals surface area contributed by atoms with Gasteiger partial charge in [0.05, 0.1) is 10.7 Å². The predicted molar refractivity (Wildman–Crippen MR) is 142 cm³/mol. The van der Waals surface area contributed by atoms with E-state index in [1.807, 2.05) is 54.4 Å². The van der Waals surface area contributed by atoms with Crippen LogP contribution >= 0.6 is 23.5 Å². The highest BCUT2D eigenvalue weighted by molar-refractivity contribution is 8.19. The summed E-state index contributed by atoms with van der Waals surface area (Å²) in [5.74, 6) is 0.154. The van der Waals surface area contributed by atoms with Crippen LogP contribution in [0, 0.1) is 0 Å². The Morgan fingerprint density at radius 2 is 1.71 bits per heavy atom. The number of phenolic OH excluding ortho intramolecular Hbond substituents is 1. The normalized spacial score (nSPS) is 22.3. The van der Waals surface area contributed by atoms with Gasteiger partial charge in [-0.1, -0.05) is 73.5 Å². The molecule has 172 valence electrons. The van der Waals surface area contributed by atoms with Gasteiger partial charge in [0.15, 0.2) is 5.17 Å². The Morgan fingerprint density at radius 1 is 0.941 bits per heavy atom. The number of thioether (sulfide) groups is 2. The second-order valence-electron chi connectivity index (χ2n) is 8.88. The van der Waals surface area contributed by atoms with Crippen LogP contribution in [0.25, 0.3) is 10.8 Å². The van der Waals surface area contributed by atoms with Gasteiger partial charge in [-0.05, 0) is 48.2 Å². The molecule has 3 aliphatic rings. The van der Waals surface area contributed by atoms with Gasteiger partial charge < -0.3 is 10.0 Å². The highest BCUT2D eigenvalue weighted by atomic mass is 32.2. The summed E-state index contributed by atoms with van der Waals surface area (Å²) >= 11 is 3.08. The topological polar surface area (TPSA) is 56.1 Å². The maximum absolute atomic E-state index is 13.9. The summed E-state index contributed by atoms with van der Waals surface area (Å²) in [6, 6.07) is 19.9. The zero-order valence-electron chi connectivity index (χ0n) is 18.9. The van der Waals surface area contributed by atoms with Gasteiger partial charge in [-0.15, -0.1) is 0 Å². The predicted octanol–water partition coefficient (Wildman–Crippen LogP) is 6.85. The molecule has 3 aromatic rings. The summed E-state index contributed by atoms with van der Waals surface area (Å²) < 4.78 is 0. The Balaban J connectivity index is 1.48. The molecule has 6 rings (SSSR count). The van der Waals surface area contributed by atoms with Crippen LogP contribution in [0.2, 0.25) is 0 Å². The number of nitrogens with zero attached hydrogens (tertiary/aromatic N) is 3. The van der Waals surface area contributed by atoms with Crippen LogP contribution in [0.1, 0.15) is 32.1 Å². The third-order valence-electron chi connectivity index (χ3n) is 6.77. The molecule has 0 unspecified atom stereocenters. The third-order valence-corrected chi connectivity index (χ3v) is 9.18. The largest absolute Gasteiger partial charge is 0.506 e. The Morgan fingerprint density at radius 3 is 2.53 bits per heavy atom. The second kappa shape index (κ2) is 8.71. The molecule has 1 N–H and O–H groups in total. The van der Waals surface area contributed by atoms with E-state index in [4.69, 9.17) is 4.99 Å². The molecule has 5 nitrogen and oxygen atoms in total. The number of phenols is 1. The van der Waals surface area contributed by atoms with E-state index >= 15 is 0 Å². The van der Waals surface area contributed by atoms with Gasteiger partial charge in [0.1, 0.15) is 16.3 Å². The van der Waals surface area contributed by atoms with E-state index in [2.05, 4.69) is 17.0 Å². The zero-order chi connectivity index (χ0) is 23.2. The van der Waals surface area contributed by atoms with Crippen molar-refractivity contribution in [3.63, 3.8) is 0 Å². The summed E-state index contributed by atoms with van der Waals surface area (Å²) in [7, 11) is 2.02. The van der Waals surface area contributed by atoms with E-state index in [0.29, 0.717) is 15.8 Å². The number of aromatic hydroxyl groups is 1. The van der Waals surface area contributed by atoms with Crippen molar-refractivity contribution in [2.75, 3.05) is 11.9 Å². The van der Waals surface area contributed by atoms with E-state index in [9.17, 15) is 9.90 Å². The Kier molecular flexibility index (Phi) is 5.54. The fourth-order valence-electron chi connectivity index (χ4n) is 5.01. The molecular formula is C27H25N3O2S2. The zero-order valence-corrected chi connectivity index (χ0v) is 20.5. The Hall–Kier alpha value is -2.90. The van der Waals surface area contributed by atoms with Crippen LogP contribution < -0.4 is 4.90 Å². The third kappa shape index (κ3) is 3.58. The SMILES string of the molecule is CN1C(=C2SC(=Nc3c(O)ccc4ccccc34)N(C3CCCCC3)C2=O)Sc2ccccc21. The Bertz CT molecular complexity index is 1360. The van der Waals surface area contributed by atoms with E-state index < -0.39 is 0 Å². The molecule has 2 heterocycles. The number of hydrogen-bond donors (Lipinski definition) is 1. The summed E-state index contributed by atoms with van der Waals surface area (Å²) in [6.07, 6.45) is 5.43. The van der Waals surface area contributed by atoms with Crippen LogP contribution in [0.3, 0.4) is 0 Å². The minimum atomic E-state index is 0.0255. The highest BCUT2D eigenvalue weighted by Gasteiger charge is 2.42. The molecule has 1 saturated heterocycles. The van der Waals surface area contributed by atoms with Crippen molar-refractivity contribution in [2.24, 2.45) is 4.99 Å². The van der Waals surface area contributed by atoms with Crippen molar-refractivity contribution in [2.45, 2.75) is 43.0 Å². The van der Waals surface area contributed by atoms with Crippen LogP contribution in [-0.4, -0.2) is 34.2 Å². The van der Waals surface area contributed by atoms with Gasteiger partial charge in [0, 0.05) is 23.4 Å². The molecular weight excluding hydrogens is 462 g/mol. The van der Waals surface area contributed by atoms with Gasteiger partial charge >= 0.3 is 0 Å². The number of anilines is 1. The highest BCUT2D eigenvalue weighted by Crippen LogP contribution is 2.51. The van der Waals surface area contributed by atoms with Crippen LogP contribution in [-0.2, 0) is 4.79 Å². The molecule has 0 spiro atoms. The summed E-state index contributed by atoms with van der Waals surface area (Å²) in [5, 5.41) is 14.2. The first-order chi connectivity index (χ1) is 16.6. The minimum Gasteiger partial charge on any atom is -0.506 e. The number of benzene rings is 3. The Labute approximate surface area is 207 Å². The summed E-state index contributed by atoms with van der Waals surface area (Å²) in [6.45, 7) is 0. The molecule has 1 amide bonds. The monoisotopic (exact) mass is 487 g/mol. The number of carbonyl (C=O) groups excluding carboxylic acids is 1. The lowest BCUT2D eigenvalue weighted by atomic mass is 9.94. The van der Waals surface area contributed by atoms with Crippen molar-refractivity contribution in [3.05, 3.63) is 70.6 Å². The van der Waals surface area contributed by atoms with Gasteiger partial charge in [0.25, 0.3) is 5.91 Å². The van der Waals surface area contributed by atoms with Crippen molar-refractivity contribution < 1.29 is 9.90 Å². The first kappa shape index (κ1) is 21.6. The average Bonchev–Trinajstić information content (AvgIpc) is 3.37. The maximum atomic E-state index is 13.9. The number of aliphatic imine (C=N–C) groups is 1. The molecule has 2 aliphatic heterocycles. The maximum Gasteiger partial charge on any atom is 0.269 e. The minimum absolute atomic E-state index is 0.0255. The fourth-order valence-corrected chi connectivity index (χ4v) is 7.40.